The van der Waals surface area contributed by atoms with E-state index in [1.807, 2.05) is 11.0 Å². The van der Waals surface area contributed by atoms with Crippen molar-refractivity contribution in [2.45, 2.75) is 45.4 Å². The molecule has 0 saturated carbocycles. The highest BCUT2D eigenvalue weighted by atomic mass is 16.5. The van der Waals surface area contributed by atoms with E-state index in [2.05, 4.69) is 29.3 Å². The average Bonchev–Trinajstić information content (AvgIpc) is 3.18. The van der Waals surface area contributed by atoms with Crippen molar-refractivity contribution in [2.75, 3.05) is 49.6 Å². The van der Waals surface area contributed by atoms with Crippen molar-refractivity contribution in [1.82, 2.24) is 4.90 Å². The maximum absolute atomic E-state index is 12.9. The summed E-state index contributed by atoms with van der Waals surface area (Å²) >= 11 is 0. The molecule has 3 aliphatic heterocycles. The van der Waals surface area contributed by atoms with Crippen LogP contribution in [0.4, 0.5) is 16.2 Å². The van der Waals surface area contributed by atoms with Gasteiger partial charge in [0.2, 0.25) is 0 Å². The van der Waals surface area contributed by atoms with Gasteiger partial charge in [0.15, 0.2) is 0 Å². The molecule has 0 unspecified atom stereocenters. The third-order valence-corrected chi connectivity index (χ3v) is 6.50. The van der Waals surface area contributed by atoms with Gasteiger partial charge in [0.25, 0.3) is 0 Å². The van der Waals surface area contributed by atoms with E-state index in [4.69, 9.17) is 4.74 Å². The number of anilines is 2. The summed E-state index contributed by atoms with van der Waals surface area (Å²) in [6.07, 6.45) is 7.01. The van der Waals surface area contributed by atoms with Gasteiger partial charge in [-0.1, -0.05) is 6.07 Å². The molecule has 1 spiro atoms. The second-order valence-electron chi connectivity index (χ2n) is 8.21. The Balaban J connectivity index is 1.45. The third kappa shape index (κ3) is 3.54. The van der Waals surface area contributed by atoms with Gasteiger partial charge in [0.1, 0.15) is 0 Å². The van der Waals surface area contributed by atoms with Crippen LogP contribution in [0.5, 0.6) is 0 Å². The van der Waals surface area contributed by atoms with Crippen LogP contribution in [0.2, 0.25) is 0 Å². The average molecular weight is 357 g/mol. The summed E-state index contributed by atoms with van der Waals surface area (Å²) in [5, 5.41) is 3.19. The highest BCUT2D eigenvalue weighted by Gasteiger charge is 2.38. The Bertz CT molecular complexity index is 643. The second-order valence-corrected chi connectivity index (χ2v) is 8.21. The summed E-state index contributed by atoms with van der Waals surface area (Å²) in [6, 6.07) is 6.32. The summed E-state index contributed by atoms with van der Waals surface area (Å²) < 4.78 is 5.54. The predicted molar refractivity (Wildman–Crippen MR) is 105 cm³/mol. The quantitative estimate of drug-likeness (QED) is 0.869. The number of benzene rings is 1. The number of hydrogen-bond acceptors (Lipinski definition) is 3. The molecule has 3 heterocycles. The van der Waals surface area contributed by atoms with Gasteiger partial charge in [0, 0.05) is 50.8 Å². The van der Waals surface area contributed by atoms with Crippen LogP contribution < -0.4 is 10.2 Å². The minimum atomic E-state index is 0.0530. The molecule has 0 atom stereocenters. The summed E-state index contributed by atoms with van der Waals surface area (Å²) in [6.45, 7) is 7.77. The molecule has 142 valence electrons. The first kappa shape index (κ1) is 17.7. The molecule has 5 heteroatoms. The normalized spacial score (nSPS) is 22.7. The standard InChI is InChI=1S/C21H31N3O2/c1-17-18(6-4-7-19(17)23-11-2-3-12-23)22-20(25)24-13-5-8-21(16-24)9-14-26-15-10-21/h4,6-7H,2-3,5,8-16H2,1H3,(H,22,25). The number of hydrogen-bond donors (Lipinski definition) is 1. The first-order chi connectivity index (χ1) is 12.7. The lowest BCUT2D eigenvalue weighted by atomic mass is 9.74. The Labute approximate surface area is 156 Å². The van der Waals surface area contributed by atoms with E-state index in [1.54, 1.807) is 0 Å². The van der Waals surface area contributed by atoms with Crippen LogP contribution in [-0.2, 0) is 4.74 Å². The van der Waals surface area contributed by atoms with E-state index >= 15 is 0 Å². The van der Waals surface area contributed by atoms with Crippen LogP contribution in [0.25, 0.3) is 0 Å². The maximum atomic E-state index is 12.9. The van der Waals surface area contributed by atoms with Crippen molar-refractivity contribution >= 4 is 17.4 Å². The zero-order valence-electron chi connectivity index (χ0n) is 15.9. The molecule has 0 radical (unpaired) electrons. The van der Waals surface area contributed by atoms with Crippen LogP contribution in [0.15, 0.2) is 18.2 Å². The minimum Gasteiger partial charge on any atom is -0.381 e. The third-order valence-electron chi connectivity index (χ3n) is 6.50. The van der Waals surface area contributed by atoms with Gasteiger partial charge in [-0.25, -0.2) is 4.79 Å². The van der Waals surface area contributed by atoms with E-state index in [-0.39, 0.29) is 11.4 Å². The molecule has 0 bridgehead atoms. The summed E-state index contributed by atoms with van der Waals surface area (Å²) in [7, 11) is 0. The Morgan fingerprint density at radius 1 is 1.08 bits per heavy atom. The largest absolute Gasteiger partial charge is 0.381 e. The molecule has 3 saturated heterocycles. The Morgan fingerprint density at radius 3 is 2.62 bits per heavy atom. The highest BCUT2D eigenvalue weighted by molar-refractivity contribution is 5.91. The number of likely N-dealkylation sites (tertiary alicyclic amines) is 1. The lowest BCUT2D eigenvalue weighted by Crippen LogP contribution is -2.49. The van der Waals surface area contributed by atoms with Crippen LogP contribution in [0.1, 0.15) is 44.1 Å². The van der Waals surface area contributed by atoms with E-state index < -0.39 is 0 Å². The van der Waals surface area contributed by atoms with Crippen LogP contribution >= 0.6 is 0 Å². The van der Waals surface area contributed by atoms with Crippen LogP contribution in [0.3, 0.4) is 0 Å². The summed E-state index contributed by atoms with van der Waals surface area (Å²) in [5.41, 5.74) is 3.67. The second kappa shape index (κ2) is 7.47. The fourth-order valence-electron chi connectivity index (χ4n) is 4.85. The van der Waals surface area contributed by atoms with Gasteiger partial charge in [-0.05, 0) is 68.6 Å². The Kier molecular flexibility index (Phi) is 5.07. The molecule has 0 aliphatic carbocycles. The molecule has 0 aromatic heterocycles. The van der Waals surface area contributed by atoms with Crippen molar-refractivity contribution in [2.24, 2.45) is 5.41 Å². The molecule has 3 fully saturated rings. The van der Waals surface area contributed by atoms with Gasteiger partial charge in [-0.15, -0.1) is 0 Å². The Hall–Kier alpha value is -1.75. The van der Waals surface area contributed by atoms with E-state index in [0.717, 1.165) is 64.3 Å². The number of carbonyl (C=O) groups excluding carboxylic acids is 1. The lowest BCUT2D eigenvalue weighted by molar-refractivity contribution is -0.0175. The highest BCUT2D eigenvalue weighted by Crippen LogP contribution is 2.39. The number of urea groups is 1. The number of nitrogens with one attached hydrogen (secondary N) is 1. The molecule has 4 rings (SSSR count). The van der Waals surface area contributed by atoms with Gasteiger partial charge in [-0.3, -0.25) is 0 Å². The smallest absolute Gasteiger partial charge is 0.321 e. The number of carbonyl (C=O) groups is 1. The van der Waals surface area contributed by atoms with E-state index in [9.17, 15) is 4.79 Å². The van der Waals surface area contributed by atoms with Crippen molar-refractivity contribution in [3.05, 3.63) is 23.8 Å². The van der Waals surface area contributed by atoms with Gasteiger partial charge < -0.3 is 19.9 Å². The van der Waals surface area contributed by atoms with Gasteiger partial charge >= 0.3 is 6.03 Å². The number of ether oxygens (including phenoxy) is 1. The maximum Gasteiger partial charge on any atom is 0.321 e. The predicted octanol–water partition coefficient (Wildman–Crippen LogP) is 4.02. The van der Waals surface area contributed by atoms with Crippen LogP contribution in [-0.4, -0.2) is 50.3 Å². The Morgan fingerprint density at radius 2 is 1.85 bits per heavy atom. The van der Waals surface area contributed by atoms with Crippen molar-refractivity contribution in [3.8, 4) is 0 Å². The minimum absolute atomic E-state index is 0.0530. The lowest BCUT2D eigenvalue weighted by Gasteiger charge is -2.45. The van der Waals surface area contributed by atoms with E-state index in [0.29, 0.717) is 0 Å². The first-order valence-corrected chi connectivity index (χ1v) is 10.2. The number of piperidine rings is 1. The molecule has 5 nitrogen and oxygen atoms in total. The molecule has 1 aromatic rings. The monoisotopic (exact) mass is 357 g/mol. The fraction of sp³-hybridized carbons (Fsp3) is 0.667. The SMILES string of the molecule is Cc1c(NC(=O)N2CCCC3(CCOCC3)C2)cccc1N1CCCC1. The van der Waals surface area contributed by atoms with Gasteiger partial charge in [-0.2, -0.15) is 0 Å². The number of nitrogens with zero attached hydrogens (tertiary/aromatic N) is 2. The van der Waals surface area contributed by atoms with Crippen molar-refractivity contribution in [1.29, 1.82) is 0 Å². The van der Waals surface area contributed by atoms with Gasteiger partial charge in [0.05, 0.1) is 0 Å². The first-order valence-electron chi connectivity index (χ1n) is 10.2. The summed E-state index contributed by atoms with van der Waals surface area (Å²) in [4.78, 5) is 17.4. The number of rotatable bonds is 2. The zero-order chi connectivity index (χ0) is 18.0. The van der Waals surface area contributed by atoms with Crippen LogP contribution in [0, 0.1) is 12.3 Å². The van der Waals surface area contributed by atoms with Crippen molar-refractivity contribution < 1.29 is 9.53 Å². The molecular weight excluding hydrogens is 326 g/mol. The molecule has 1 aromatic carbocycles. The molecule has 3 aliphatic rings. The molecule has 1 N–H and O–H groups in total. The summed E-state index contributed by atoms with van der Waals surface area (Å²) in [5.74, 6) is 0. The zero-order valence-corrected chi connectivity index (χ0v) is 15.9. The number of amides is 2. The van der Waals surface area contributed by atoms with E-state index in [1.165, 1.54) is 30.5 Å². The molecular formula is C21H31N3O2. The molecule has 26 heavy (non-hydrogen) atoms. The topological polar surface area (TPSA) is 44.8 Å². The van der Waals surface area contributed by atoms with Crippen molar-refractivity contribution in [3.63, 3.8) is 0 Å². The molecule has 2 amide bonds. The fourth-order valence-corrected chi connectivity index (χ4v) is 4.85.